The number of para-hydroxylation sites is 3. The van der Waals surface area contributed by atoms with E-state index in [4.69, 9.17) is 0 Å². The van der Waals surface area contributed by atoms with E-state index in [9.17, 15) is 0 Å². The van der Waals surface area contributed by atoms with Crippen molar-refractivity contribution in [1.29, 1.82) is 0 Å². The first-order chi connectivity index (χ1) is 23.8. The lowest BCUT2D eigenvalue weighted by atomic mass is 9.87. The summed E-state index contributed by atoms with van der Waals surface area (Å²) in [4.78, 5) is 0. The summed E-state index contributed by atoms with van der Waals surface area (Å²) in [6, 6.07) is 52.9. The maximum absolute atomic E-state index is 3.80. The third-order valence-electron chi connectivity index (χ3n) is 9.94. The third-order valence-corrected chi connectivity index (χ3v) is 9.94. The monoisotopic (exact) mass is 613 g/mol. The van der Waals surface area contributed by atoms with E-state index in [1.807, 2.05) is 0 Å². The van der Waals surface area contributed by atoms with E-state index in [1.165, 1.54) is 71.6 Å². The number of aromatic nitrogens is 2. The predicted octanol–water partition coefficient (Wildman–Crippen LogP) is 10.8. The Morgan fingerprint density at radius 3 is 1.71 bits per heavy atom. The molecule has 1 unspecified atom stereocenters. The second kappa shape index (κ2) is 10.6. The van der Waals surface area contributed by atoms with Gasteiger partial charge in [0, 0.05) is 38.6 Å². The minimum absolute atomic E-state index is 0.140. The Hall–Kier alpha value is -6.32. The molecule has 1 aliphatic carbocycles. The lowest BCUT2D eigenvalue weighted by Crippen LogP contribution is -2.31. The quantitative estimate of drug-likeness (QED) is 0.210. The maximum atomic E-state index is 3.80. The molecule has 1 atom stereocenters. The zero-order chi connectivity index (χ0) is 31.6. The van der Waals surface area contributed by atoms with Gasteiger partial charge in [0.25, 0.3) is 0 Å². The molecule has 1 N–H and O–H groups in total. The molecule has 3 heterocycles. The molecule has 6 aromatic carbocycles. The molecule has 0 bridgehead atoms. The first-order valence-corrected chi connectivity index (χ1v) is 16.6. The number of nitrogens with zero attached hydrogens (tertiary/aromatic N) is 2. The van der Waals surface area contributed by atoms with E-state index < -0.39 is 0 Å². The van der Waals surface area contributed by atoms with Crippen LogP contribution in [-0.4, -0.2) is 15.2 Å². The number of dihydropyridines is 1. The van der Waals surface area contributed by atoms with E-state index in [-0.39, 0.29) is 6.04 Å². The Morgan fingerprint density at radius 1 is 0.458 bits per heavy atom. The molecule has 0 saturated carbocycles. The molecule has 1 aliphatic heterocycles. The van der Waals surface area contributed by atoms with Crippen LogP contribution in [0, 0.1) is 0 Å². The highest BCUT2D eigenvalue weighted by Gasteiger charge is 2.23. The number of hydrogen-bond acceptors (Lipinski definition) is 1. The van der Waals surface area contributed by atoms with Gasteiger partial charge < -0.3 is 14.5 Å². The number of fused-ring (bicyclic) bond motifs is 7. The van der Waals surface area contributed by atoms with Crippen LogP contribution in [0.25, 0.3) is 66.3 Å². The summed E-state index contributed by atoms with van der Waals surface area (Å²) in [5.74, 6) is 0. The van der Waals surface area contributed by atoms with Crippen molar-refractivity contribution in [3.63, 3.8) is 0 Å². The third kappa shape index (κ3) is 4.08. The van der Waals surface area contributed by atoms with Crippen LogP contribution in [0.1, 0.15) is 11.1 Å². The summed E-state index contributed by atoms with van der Waals surface area (Å²) >= 11 is 0. The smallest absolute Gasteiger partial charge is 0.0707 e. The molecule has 0 saturated heterocycles. The molecule has 2 aromatic heterocycles. The van der Waals surface area contributed by atoms with E-state index in [1.54, 1.807) is 0 Å². The number of hydrogen-bond donors (Lipinski definition) is 1. The summed E-state index contributed by atoms with van der Waals surface area (Å²) in [5.41, 5.74) is 13.2. The number of rotatable bonds is 4. The molecule has 48 heavy (non-hydrogen) atoms. The fourth-order valence-corrected chi connectivity index (χ4v) is 7.75. The van der Waals surface area contributed by atoms with Gasteiger partial charge in [0.15, 0.2) is 0 Å². The van der Waals surface area contributed by atoms with Gasteiger partial charge in [-0.3, -0.25) is 0 Å². The number of benzene rings is 6. The topological polar surface area (TPSA) is 21.9 Å². The SMILES string of the molecule is C1=CC2=C(c3ccccc3)C=C(c3ccc(-n4c5ccccc5c5cc6c7ccccc7n(-c7ccccc7)c6cc54)cc3)NC2C=C1. The van der Waals surface area contributed by atoms with Gasteiger partial charge >= 0.3 is 0 Å². The second-order valence-corrected chi connectivity index (χ2v) is 12.6. The van der Waals surface area contributed by atoms with Crippen molar-refractivity contribution in [3.05, 3.63) is 193 Å². The average Bonchev–Trinajstić information content (AvgIpc) is 3.66. The Kier molecular flexibility index (Phi) is 5.94. The highest BCUT2D eigenvalue weighted by molar-refractivity contribution is 6.19. The van der Waals surface area contributed by atoms with Crippen molar-refractivity contribution in [1.82, 2.24) is 14.5 Å². The molecule has 226 valence electrons. The normalized spacial score (nSPS) is 15.8. The molecule has 3 heteroatoms. The summed E-state index contributed by atoms with van der Waals surface area (Å²) in [6.45, 7) is 0. The van der Waals surface area contributed by atoms with Crippen LogP contribution in [-0.2, 0) is 0 Å². The van der Waals surface area contributed by atoms with E-state index in [2.05, 4.69) is 190 Å². The van der Waals surface area contributed by atoms with Gasteiger partial charge in [-0.25, -0.2) is 0 Å². The van der Waals surface area contributed by atoms with E-state index in [0.717, 1.165) is 11.4 Å². The molecular formula is C45H31N3. The van der Waals surface area contributed by atoms with Gasteiger partial charge in [0.05, 0.1) is 28.1 Å². The Labute approximate surface area is 278 Å². The zero-order valence-electron chi connectivity index (χ0n) is 26.2. The molecule has 0 amide bonds. The van der Waals surface area contributed by atoms with Gasteiger partial charge in [-0.1, -0.05) is 121 Å². The Morgan fingerprint density at radius 2 is 1.04 bits per heavy atom. The van der Waals surface area contributed by atoms with Crippen LogP contribution in [0.2, 0.25) is 0 Å². The number of nitrogens with one attached hydrogen (secondary N) is 1. The minimum Gasteiger partial charge on any atom is -0.374 e. The lowest BCUT2D eigenvalue weighted by Gasteiger charge is -2.29. The Balaban J connectivity index is 1.15. The summed E-state index contributed by atoms with van der Waals surface area (Å²) in [7, 11) is 0. The number of allylic oxidation sites excluding steroid dienone is 4. The van der Waals surface area contributed by atoms with Crippen LogP contribution in [0.5, 0.6) is 0 Å². The van der Waals surface area contributed by atoms with Crippen molar-refractivity contribution in [2.45, 2.75) is 6.04 Å². The fraction of sp³-hybridized carbons (Fsp3) is 0.0222. The van der Waals surface area contributed by atoms with Gasteiger partial charge in [-0.2, -0.15) is 0 Å². The molecule has 0 radical (unpaired) electrons. The van der Waals surface area contributed by atoms with E-state index >= 15 is 0 Å². The predicted molar refractivity (Wildman–Crippen MR) is 202 cm³/mol. The van der Waals surface area contributed by atoms with Crippen molar-refractivity contribution in [2.24, 2.45) is 0 Å². The molecule has 2 aliphatic rings. The van der Waals surface area contributed by atoms with Gasteiger partial charge in [-0.05, 0) is 76.9 Å². The first kappa shape index (κ1) is 26.9. The molecule has 8 aromatic rings. The van der Waals surface area contributed by atoms with Crippen LogP contribution in [0.15, 0.2) is 182 Å². The van der Waals surface area contributed by atoms with Crippen LogP contribution in [0.4, 0.5) is 0 Å². The van der Waals surface area contributed by atoms with Crippen molar-refractivity contribution >= 4 is 54.9 Å². The molecular weight excluding hydrogens is 583 g/mol. The van der Waals surface area contributed by atoms with E-state index in [0.29, 0.717) is 0 Å². The zero-order valence-corrected chi connectivity index (χ0v) is 26.2. The standard InChI is InChI=1S/C45H31N3/c1-3-13-30(14-4-1)37-28-41(46-40-20-10-7-17-34(37)40)31-23-25-33(26-24-31)48-43-22-12-9-19-36(43)39-27-38-35-18-8-11-21-42(35)47(44(38)29-45(39)48)32-15-5-2-6-16-32/h1-29,40,46H. The summed E-state index contributed by atoms with van der Waals surface area (Å²) in [5, 5.41) is 8.85. The van der Waals surface area contributed by atoms with Gasteiger partial charge in [-0.15, -0.1) is 0 Å². The summed E-state index contributed by atoms with van der Waals surface area (Å²) < 4.78 is 4.82. The Bertz CT molecular complexity index is 2660. The lowest BCUT2D eigenvalue weighted by molar-refractivity contribution is 0.817. The largest absolute Gasteiger partial charge is 0.374 e. The second-order valence-electron chi connectivity index (χ2n) is 12.6. The highest BCUT2D eigenvalue weighted by Crippen LogP contribution is 2.40. The van der Waals surface area contributed by atoms with Crippen LogP contribution in [0.3, 0.4) is 0 Å². The van der Waals surface area contributed by atoms with Crippen molar-refractivity contribution in [3.8, 4) is 11.4 Å². The van der Waals surface area contributed by atoms with Crippen molar-refractivity contribution < 1.29 is 0 Å². The van der Waals surface area contributed by atoms with Gasteiger partial charge in [0.2, 0.25) is 0 Å². The molecule has 3 nitrogen and oxygen atoms in total. The van der Waals surface area contributed by atoms with Gasteiger partial charge in [0.1, 0.15) is 0 Å². The van der Waals surface area contributed by atoms with Crippen LogP contribution >= 0.6 is 0 Å². The maximum Gasteiger partial charge on any atom is 0.0707 e. The fourth-order valence-electron chi connectivity index (χ4n) is 7.75. The van der Waals surface area contributed by atoms with Crippen molar-refractivity contribution in [2.75, 3.05) is 0 Å². The first-order valence-electron chi connectivity index (χ1n) is 16.6. The molecule has 0 spiro atoms. The highest BCUT2D eigenvalue weighted by atomic mass is 15.0. The van der Waals surface area contributed by atoms with Crippen LogP contribution < -0.4 is 5.32 Å². The average molecular weight is 614 g/mol. The molecule has 10 rings (SSSR count). The molecule has 0 fully saturated rings. The minimum atomic E-state index is 0.140. The summed E-state index contributed by atoms with van der Waals surface area (Å²) in [6.07, 6.45) is 11.0.